The molecule has 0 radical (unpaired) electrons. The van der Waals surface area contributed by atoms with Crippen molar-refractivity contribution in [2.24, 2.45) is 0 Å². The lowest BCUT2D eigenvalue weighted by molar-refractivity contribution is 0.0910. The third-order valence-electron chi connectivity index (χ3n) is 7.65. The molecular formula is C35H33F2N3O6S. The number of amides is 2. The lowest BCUT2D eigenvalue weighted by atomic mass is 9.93. The molecule has 12 heteroatoms. The van der Waals surface area contributed by atoms with E-state index in [0.717, 1.165) is 0 Å². The fourth-order valence-corrected chi connectivity index (χ4v) is 6.33. The Morgan fingerprint density at radius 1 is 0.872 bits per heavy atom. The number of aliphatic hydroxyl groups is 1. The van der Waals surface area contributed by atoms with Crippen LogP contribution in [0.1, 0.15) is 46.5 Å². The van der Waals surface area contributed by atoms with Crippen LogP contribution < -0.4 is 15.4 Å². The van der Waals surface area contributed by atoms with Gasteiger partial charge in [0.15, 0.2) is 0 Å². The molecule has 0 spiro atoms. The SMILES string of the molecule is CNC(=O)c1c(-c2ccc(F)cc2)oc2cc(NS(=O)(=O)CCCO)c(-c3cccc(C(=O)NC(C)(C)c4ccc(F)cc4)c3)cc12. The zero-order chi connectivity index (χ0) is 33.9. The molecule has 1 heterocycles. The van der Waals surface area contributed by atoms with Crippen LogP contribution in [0.15, 0.2) is 89.3 Å². The number of hydrogen-bond acceptors (Lipinski definition) is 6. The van der Waals surface area contributed by atoms with Crippen molar-refractivity contribution in [2.45, 2.75) is 25.8 Å². The van der Waals surface area contributed by atoms with Gasteiger partial charge in [0.05, 0.1) is 22.5 Å². The summed E-state index contributed by atoms with van der Waals surface area (Å²) in [6, 6.07) is 20.8. The van der Waals surface area contributed by atoms with Crippen LogP contribution >= 0.6 is 0 Å². The summed E-state index contributed by atoms with van der Waals surface area (Å²) in [5, 5.41) is 15.1. The van der Waals surface area contributed by atoms with Crippen molar-refractivity contribution in [3.63, 3.8) is 0 Å². The molecule has 0 aliphatic heterocycles. The summed E-state index contributed by atoms with van der Waals surface area (Å²) in [6.45, 7) is 3.24. The number of benzene rings is 4. The van der Waals surface area contributed by atoms with Gasteiger partial charge >= 0.3 is 0 Å². The average Bonchev–Trinajstić information content (AvgIpc) is 3.41. The van der Waals surface area contributed by atoms with Crippen LogP contribution in [-0.4, -0.2) is 44.7 Å². The van der Waals surface area contributed by atoms with Crippen LogP contribution in [-0.2, 0) is 15.6 Å². The minimum atomic E-state index is -3.94. The summed E-state index contributed by atoms with van der Waals surface area (Å²) in [6.07, 6.45) is 0.00267. The number of carbonyl (C=O) groups is 2. The lowest BCUT2D eigenvalue weighted by Crippen LogP contribution is -2.41. The number of aliphatic hydroxyl groups excluding tert-OH is 1. The van der Waals surface area contributed by atoms with Crippen LogP contribution in [0.4, 0.5) is 14.5 Å². The predicted molar refractivity (Wildman–Crippen MR) is 176 cm³/mol. The molecule has 0 aliphatic rings. The van der Waals surface area contributed by atoms with Crippen LogP contribution in [0.2, 0.25) is 0 Å². The Labute approximate surface area is 270 Å². The van der Waals surface area contributed by atoms with E-state index in [1.807, 2.05) is 0 Å². The maximum atomic E-state index is 13.7. The Hall–Kier alpha value is -5.07. The van der Waals surface area contributed by atoms with Crippen molar-refractivity contribution < 1.29 is 36.3 Å². The van der Waals surface area contributed by atoms with Gasteiger partial charge in [0, 0.05) is 41.8 Å². The lowest BCUT2D eigenvalue weighted by Gasteiger charge is -2.27. The third-order valence-corrected chi connectivity index (χ3v) is 9.01. The molecule has 0 unspecified atom stereocenters. The van der Waals surface area contributed by atoms with Gasteiger partial charge in [-0.15, -0.1) is 0 Å². The molecule has 5 aromatic rings. The van der Waals surface area contributed by atoms with Crippen molar-refractivity contribution in [3.05, 3.63) is 113 Å². The zero-order valence-corrected chi connectivity index (χ0v) is 26.7. The van der Waals surface area contributed by atoms with Crippen molar-refractivity contribution in [2.75, 3.05) is 24.1 Å². The van der Waals surface area contributed by atoms with Crippen LogP contribution in [0.3, 0.4) is 0 Å². The topological polar surface area (TPSA) is 138 Å². The largest absolute Gasteiger partial charge is 0.455 e. The summed E-state index contributed by atoms with van der Waals surface area (Å²) >= 11 is 0. The van der Waals surface area contributed by atoms with Gasteiger partial charge in [0.25, 0.3) is 11.8 Å². The number of halogens is 2. The van der Waals surface area contributed by atoms with E-state index >= 15 is 0 Å². The summed E-state index contributed by atoms with van der Waals surface area (Å²) in [5.41, 5.74) is 1.76. The summed E-state index contributed by atoms with van der Waals surface area (Å²) < 4.78 is 61.9. The minimum absolute atomic E-state index is 0.00267. The van der Waals surface area contributed by atoms with Crippen molar-refractivity contribution >= 4 is 38.5 Å². The number of furan rings is 1. The van der Waals surface area contributed by atoms with Crippen molar-refractivity contribution in [3.8, 4) is 22.5 Å². The van der Waals surface area contributed by atoms with E-state index < -0.39 is 39.0 Å². The monoisotopic (exact) mass is 661 g/mol. The van der Waals surface area contributed by atoms with Crippen molar-refractivity contribution in [1.82, 2.24) is 10.6 Å². The minimum Gasteiger partial charge on any atom is -0.455 e. The second kappa shape index (κ2) is 13.3. The smallest absolute Gasteiger partial charge is 0.255 e. The van der Waals surface area contributed by atoms with Crippen LogP contribution in [0, 0.1) is 11.6 Å². The standard InChI is InChI=1S/C35H33F2N3O6S/c1-35(2,24-10-14-26(37)15-11-24)39-33(42)23-7-4-6-22(18-23)27-19-28-30(20-29(27)40-47(44,45)17-5-16-41)46-32(31(28)34(43)38-3)21-8-12-25(36)13-9-21/h4,6-15,18-20,40-41H,5,16-17H2,1-3H3,(H,38,43)(H,39,42). The number of hydrogen-bond donors (Lipinski definition) is 4. The summed E-state index contributed by atoms with van der Waals surface area (Å²) in [5.74, 6) is -1.99. The molecule has 5 rings (SSSR count). The number of anilines is 1. The number of fused-ring (bicyclic) bond motifs is 1. The first-order valence-electron chi connectivity index (χ1n) is 14.7. The van der Waals surface area contributed by atoms with Gasteiger partial charge in [0.2, 0.25) is 10.0 Å². The first-order valence-corrected chi connectivity index (χ1v) is 16.4. The molecule has 0 bridgehead atoms. The highest BCUT2D eigenvalue weighted by Gasteiger charge is 2.26. The number of nitrogens with one attached hydrogen (secondary N) is 3. The normalized spacial score (nSPS) is 11.8. The molecule has 9 nitrogen and oxygen atoms in total. The maximum absolute atomic E-state index is 13.7. The molecule has 4 aromatic carbocycles. The molecule has 47 heavy (non-hydrogen) atoms. The number of sulfonamides is 1. The van der Waals surface area contributed by atoms with Gasteiger partial charge in [0.1, 0.15) is 23.0 Å². The van der Waals surface area contributed by atoms with E-state index in [2.05, 4.69) is 15.4 Å². The average molecular weight is 662 g/mol. The predicted octanol–water partition coefficient (Wildman–Crippen LogP) is 6.19. The molecular weight excluding hydrogens is 628 g/mol. The van der Waals surface area contributed by atoms with E-state index in [1.54, 1.807) is 56.3 Å². The fourth-order valence-electron chi connectivity index (χ4n) is 5.22. The maximum Gasteiger partial charge on any atom is 0.255 e. The van der Waals surface area contributed by atoms with E-state index in [0.29, 0.717) is 27.6 Å². The highest BCUT2D eigenvalue weighted by Crippen LogP contribution is 2.40. The Bertz CT molecular complexity index is 2060. The van der Waals surface area contributed by atoms with E-state index in [1.165, 1.54) is 49.5 Å². The van der Waals surface area contributed by atoms with E-state index in [9.17, 15) is 31.9 Å². The van der Waals surface area contributed by atoms with E-state index in [-0.39, 0.29) is 46.9 Å². The van der Waals surface area contributed by atoms with Gasteiger partial charge in [-0.1, -0.05) is 24.3 Å². The Morgan fingerprint density at radius 3 is 2.17 bits per heavy atom. The molecule has 0 aliphatic carbocycles. The van der Waals surface area contributed by atoms with Gasteiger partial charge in [-0.25, -0.2) is 17.2 Å². The fraction of sp³-hybridized carbons (Fsp3) is 0.200. The van der Waals surface area contributed by atoms with Crippen LogP contribution in [0.25, 0.3) is 33.4 Å². The Balaban J connectivity index is 1.64. The molecule has 0 atom stereocenters. The first-order chi connectivity index (χ1) is 22.3. The Kier molecular flexibility index (Phi) is 9.45. The molecule has 0 saturated carbocycles. The zero-order valence-electron chi connectivity index (χ0n) is 25.9. The third kappa shape index (κ3) is 7.34. The summed E-state index contributed by atoms with van der Waals surface area (Å²) in [7, 11) is -2.49. The number of carbonyl (C=O) groups excluding carboxylic acids is 2. The number of rotatable bonds is 11. The molecule has 4 N–H and O–H groups in total. The molecule has 2 amide bonds. The van der Waals surface area contributed by atoms with Gasteiger partial charge in [-0.2, -0.15) is 0 Å². The highest BCUT2D eigenvalue weighted by molar-refractivity contribution is 7.92. The van der Waals surface area contributed by atoms with Gasteiger partial charge < -0.3 is 20.2 Å². The molecule has 244 valence electrons. The quantitative estimate of drug-likeness (QED) is 0.133. The second-order valence-electron chi connectivity index (χ2n) is 11.5. The van der Waals surface area contributed by atoms with E-state index in [4.69, 9.17) is 4.42 Å². The van der Waals surface area contributed by atoms with Gasteiger partial charge in [-0.3, -0.25) is 14.3 Å². The summed E-state index contributed by atoms with van der Waals surface area (Å²) in [4.78, 5) is 26.7. The van der Waals surface area contributed by atoms with Crippen LogP contribution in [0.5, 0.6) is 0 Å². The van der Waals surface area contributed by atoms with Crippen molar-refractivity contribution in [1.29, 1.82) is 0 Å². The highest BCUT2D eigenvalue weighted by atomic mass is 32.2. The van der Waals surface area contributed by atoms with Gasteiger partial charge in [-0.05, 0) is 86.0 Å². The molecule has 1 aromatic heterocycles. The first kappa shape index (κ1) is 33.3. The molecule has 0 saturated heterocycles. The molecule has 0 fully saturated rings. The Morgan fingerprint density at radius 2 is 1.53 bits per heavy atom. The second-order valence-corrected chi connectivity index (χ2v) is 13.3.